The van der Waals surface area contributed by atoms with Gasteiger partial charge in [0.15, 0.2) is 0 Å². The van der Waals surface area contributed by atoms with Crippen molar-refractivity contribution < 1.29 is 0 Å². The molecule has 0 fully saturated rings. The second-order valence-corrected chi connectivity index (χ2v) is 4.19. The normalized spacial score (nSPS) is 13.5. The predicted octanol–water partition coefficient (Wildman–Crippen LogP) is 3.39. The van der Waals surface area contributed by atoms with Crippen molar-refractivity contribution in [3.63, 3.8) is 0 Å². The van der Waals surface area contributed by atoms with Crippen molar-refractivity contribution in [2.45, 2.75) is 26.7 Å². The average molecular weight is 181 g/mol. The lowest BCUT2D eigenvalue weighted by Gasteiger charge is -2.05. The average Bonchev–Trinajstić information content (AvgIpc) is 1.98. The van der Waals surface area contributed by atoms with Gasteiger partial charge in [-0.2, -0.15) is 11.8 Å². The smallest absolute Gasteiger partial charge is 0.0249 e. The van der Waals surface area contributed by atoms with Gasteiger partial charge in [-0.1, -0.05) is 13.8 Å². The Kier molecular flexibility index (Phi) is 8.24. The van der Waals surface area contributed by atoms with E-state index in [1.165, 1.54) is 24.3 Å². The Bertz CT molecular complexity index is 66.3. The molecular formula is C8H17ClS. The Morgan fingerprint density at radius 3 is 2.60 bits per heavy atom. The van der Waals surface area contributed by atoms with Gasteiger partial charge in [0.25, 0.3) is 0 Å². The third-order valence-corrected chi connectivity index (χ3v) is 3.11. The first-order valence-electron chi connectivity index (χ1n) is 3.95. The van der Waals surface area contributed by atoms with Crippen LogP contribution in [0.3, 0.4) is 0 Å². The van der Waals surface area contributed by atoms with E-state index in [9.17, 15) is 0 Å². The standard InChI is InChI=1S/C8H17ClS/c1-3-5-10-6-4-8(2)7-9/h8H,3-7H2,1-2H3. The molecule has 0 spiro atoms. The van der Waals surface area contributed by atoms with E-state index in [4.69, 9.17) is 11.6 Å². The van der Waals surface area contributed by atoms with Crippen molar-refractivity contribution in [3.8, 4) is 0 Å². The van der Waals surface area contributed by atoms with Crippen LogP contribution < -0.4 is 0 Å². The zero-order valence-corrected chi connectivity index (χ0v) is 8.47. The SMILES string of the molecule is CCCSCCC(C)CCl. The Labute approximate surface area is 73.7 Å². The monoisotopic (exact) mass is 180 g/mol. The molecule has 62 valence electrons. The summed E-state index contributed by atoms with van der Waals surface area (Å²) in [5.74, 6) is 4.09. The number of alkyl halides is 1. The second-order valence-electron chi connectivity index (χ2n) is 2.66. The van der Waals surface area contributed by atoms with Gasteiger partial charge in [0, 0.05) is 5.88 Å². The van der Waals surface area contributed by atoms with Crippen molar-refractivity contribution in [1.82, 2.24) is 0 Å². The number of rotatable bonds is 6. The fourth-order valence-electron chi connectivity index (χ4n) is 0.608. The number of thioether (sulfide) groups is 1. The molecule has 0 heterocycles. The highest BCUT2D eigenvalue weighted by Gasteiger charge is 1.98. The third-order valence-electron chi connectivity index (χ3n) is 1.37. The topological polar surface area (TPSA) is 0 Å². The summed E-state index contributed by atoms with van der Waals surface area (Å²) in [6.45, 7) is 4.43. The minimum atomic E-state index is 0.700. The lowest BCUT2D eigenvalue weighted by Crippen LogP contribution is -1.97. The molecule has 0 radical (unpaired) electrons. The summed E-state index contributed by atoms with van der Waals surface area (Å²) in [6, 6.07) is 0. The summed E-state index contributed by atoms with van der Waals surface area (Å²) in [5, 5.41) is 0. The van der Waals surface area contributed by atoms with Crippen LogP contribution in [-0.2, 0) is 0 Å². The molecule has 1 unspecified atom stereocenters. The Morgan fingerprint density at radius 1 is 1.40 bits per heavy atom. The molecule has 0 aromatic carbocycles. The summed E-state index contributed by atoms with van der Waals surface area (Å²) in [5.41, 5.74) is 0. The maximum Gasteiger partial charge on any atom is 0.0249 e. The predicted molar refractivity (Wildman–Crippen MR) is 52.1 cm³/mol. The minimum absolute atomic E-state index is 0.700. The van der Waals surface area contributed by atoms with Crippen LogP contribution in [0.15, 0.2) is 0 Å². The van der Waals surface area contributed by atoms with E-state index in [0.717, 1.165) is 5.88 Å². The lowest BCUT2D eigenvalue weighted by atomic mass is 10.2. The molecular weight excluding hydrogens is 164 g/mol. The zero-order chi connectivity index (χ0) is 7.82. The van der Waals surface area contributed by atoms with Gasteiger partial charge in [0.1, 0.15) is 0 Å². The summed E-state index contributed by atoms with van der Waals surface area (Å²) in [4.78, 5) is 0. The Balaban J connectivity index is 2.89. The molecule has 0 bridgehead atoms. The van der Waals surface area contributed by atoms with E-state index in [1.807, 2.05) is 11.8 Å². The summed E-state index contributed by atoms with van der Waals surface area (Å²) >= 11 is 7.69. The molecule has 0 saturated carbocycles. The van der Waals surface area contributed by atoms with Crippen molar-refractivity contribution in [3.05, 3.63) is 0 Å². The van der Waals surface area contributed by atoms with Crippen molar-refractivity contribution in [1.29, 1.82) is 0 Å². The number of halogens is 1. The summed E-state index contributed by atoms with van der Waals surface area (Å²) in [6.07, 6.45) is 2.56. The van der Waals surface area contributed by atoms with Gasteiger partial charge in [-0.15, -0.1) is 11.6 Å². The molecule has 0 rings (SSSR count). The first kappa shape index (κ1) is 10.6. The second kappa shape index (κ2) is 7.74. The highest BCUT2D eigenvalue weighted by Crippen LogP contribution is 2.10. The van der Waals surface area contributed by atoms with Gasteiger partial charge < -0.3 is 0 Å². The van der Waals surface area contributed by atoms with E-state index in [2.05, 4.69) is 13.8 Å². The Hall–Kier alpha value is 0.640. The van der Waals surface area contributed by atoms with Crippen LogP contribution >= 0.6 is 23.4 Å². The van der Waals surface area contributed by atoms with Crippen LogP contribution in [0, 0.1) is 5.92 Å². The fraction of sp³-hybridized carbons (Fsp3) is 1.00. The third kappa shape index (κ3) is 6.76. The van der Waals surface area contributed by atoms with Crippen LogP contribution in [0.5, 0.6) is 0 Å². The fourth-order valence-corrected chi connectivity index (χ4v) is 1.82. The largest absolute Gasteiger partial charge is 0.162 e. The molecule has 0 saturated heterocycles. The van der Waals surface area contributed by atoms with E-state index in [1.54, 1.807) is 0 Å². The molecule has 0 aromatic rings. The minimum Gasteiger partial charge on any atom is -0.162 e. The molecule has 0 aliphatic heterocycles. The van der Waals surface area contributed by atoms with Crippen LogP contribution in [-0.4, -0.2) is 17.4 Å². The van der Waals surface area contributed by atoms with Gasteiger partial charge in [-0.05, 0) is 30.3 Å². The first-order valence-corrected chi connectivity index (χ1v) is 5.63. The van der Waals surface area contributed by atoms with Crippen molar-refractivity contribution in [2.75, 3.05) is 17.4 Å². The maximum absolute atomic E-state index is 5.66. The molecule has 0 aliphatic rings. The van der Waals surface area contributed by atoms with Crippen LogP contribution in [0.4, 0.5) is 0 Å². The van der Waals surface area contributed by atoms with Crippen molar-refractivity contribution >= 4 is 23.4 Å². The quantitative estimate of drug-likeness (QED) is 0.446. The van der Waals surface area contributed by atoms with E-state index in [-0.39, 0.29) is 0 Å². The van der Waals surface area contributed by atoms with Gasteiger partial charge >= 0.3 is 0 Å². The van der Waals surface area contributed by atoms with Gasteiger partial charge in [-0.25, -0.2) is 0 Å². The van der Waals surface area contributed by atoms with E-state index < -0.39 is 0 Å². The molecule has 0 nitrogen and oxygen atoms in total. The number of hydrogen-bond acceptors (Lipinski definition) is 1. The molecule has 2 heteroatoms. The molecule has 10 heavy (non-hydrogen) atoms. The van der Waals surface area contributed by atoms with Gasteiger partial charge in [-0.3, -0.25) is 0 Å². The van der Waals surface area contributed by atoms with Crippen LogP contribution in [0.25, 0.3) is 0 Å². The molecule has 0 N–H and O–H groups in total. The lowest BCUT2D eigenvalue weighted by molar-refractivity contribution is 0.639. The molecule has 0 aromatic heterocycles. The van der Waals surface area contributed by atoms with E-state index >= 15 is 0 Å². The van der Waals surface area contributed by atoms with E-state index in [0.29, 0.717) is 5.92 Å². The molecule has 0 aliphatic carbocycles. The maximum atomic E-state index is 5.66. The summed E-state index contributed by atoms with van der Waals surface area (Å²) in [7, 11) is 0. The van der Waals surface area contributed by atoms with Gasteiger partial charge in [0.2, 0.25) is 0 Å². The Morgan fingerprint density at radius 2 is 2.10 bits per heavy atom. The summed E-state index contributed by atoms with van der Waals surface area (Å²) < 4.78 is 0. The number of hydrogen-bond donors (Lipinski definition) is 0. The highest BCUT2D eigenvalue weighted by atomic mass is 35.5. The van der Waals surface area contributed by atoms with Crippen LogP contribution in [0.1, 0.15) is 26.7 Å². The zero-order valence-electron chi connectivity index (χ0n) is 6.90. The highest BCUT2D eigenvalue weighted by molar-refractivity contribution is 7.99. The van der Waals surface area contributed by atoms with Crippen LogP contribution in [0.2, 0.25) is 0 Å². The molecule has 1 atom stereocenters. The molecule has 0 amide bonds. The first-order chi connectivity index (χ1) is 4.81. The van der Waals surface area contributed by atoms with Gasteiger partial charge in [0.05, 0.1) is 0 Å². The van der Waals surface area contributed by atoms with Crippen molar-refractivity contribution in [2.24, 2.45) is 5.92 Å².